The molecule has 19 heavy (non-hydrogen) atoms. The molecule has 3 nitrogen and oxygen atoms in total. The van der Waals surface area contributed by atoms with E-state index >= 15 is 0 Å². The van der Waals surface area contributed by atoms with Crippen LogP contribution in [0.1, 0.15) is 31.4 Å². The predicted octanol–water partition coefficient (Wildman–Crippen LogP) is 2.24. The summed E-state index contributed by atoms with van der Waals surface area (Å²) in [5.74, 6) is -1.51. The molecular weight excluding hydrogens is 250 g/mol. The van der Waals surface area contributed by atoms with Crippen molar-refractivity contribution >= 4 is 5.91 Å². The Morgan fingerprint density at radius 1 is 1.37 bits per heavy atom. The van der Waals surface area contributed by atoms with Crippen LogP contribution in [0.25, 0.3) is 0 Å². The van der Waals surface area contributed by atoms with Gasteiger partial charge in [-0.25, -0.2) is 8.78 Å². The van der Waals surface area contributed by atoms with Crippen LogP contribution < -0.4 is 5.32 Å². The van der Waals surface area contributed by atoms with Crippen molar-refractivity contribution in [3.8, 4) is 0 Å². The van der Waals surface area contributed by atoms with Gasteiger partial charge in [0.25, 0.3) is 0 Å². The minimum atomic E-state index is -0.834. The molecule has 1 aromatic carbocycles. The van der Waals surface area contributed by atoms with Gasteiger partial charge in [0.1, 0.15) is 0 Å². The lowest BCUT2D eigenvalue weighted by Crippen LogP contribution is -2.47. The van der Waals surface area contributed by atoms with Crippen LogP contribution >= 0.6 is 0 Å². The van der Waals surface area contributed by atoms with E-state index in [2.05, 4.69) is 5.32 Å². The van der Waals surface area contributed by atoms with Crippen LogP contribution in [0.15, 0.2) is 18.2 Å². The number of likely N-dealkylation sites (tertiary alicyclic amines) is 1. The third-order valence-corrected chi connectivity index (χ3v) is 3.56. The first-order chi connectivity index (χ1) is 8.97. The van der Waals surface area contributed by atoms with Gasteiger partial charge in [0, 0.05) is 32.1 Å². The maximum absolute atomic E-state index is 13.2. The summed E-state index contributed by atoms with van der Waals surface area (Å²) in [7, 11) is 1.78. The van der Waals surface area contributed by atoms with Crippen LogP contribution in [0.5, 0.6) is 0 Å². The summed E-state index contributed by atoms with van der Waals surface area (Å²) in [5, 5.41) is 3.35. The predicted molar refractivity (Wildman–Crippen MR) is 68.6 cm³/mol. The number of rotatable bonds is 3. The van der Waals surface area contributed by atoms with E-state index in [1.165, 1.54) is 6.07 Å². The van der Waals surface area contributed by atoms with Crippen molar-refractivity contribution in [3.63, 3.8) is 0 Å². The molecule has 0 radical (unpaired) electrons. The standard InChI is InChI=1S/C14H18F2N2O/c1-9(10-3-5-12(15)13(16)7-10)17-11-4-6-14(19)18(2)8-11/h3,5,7,9,11,17H,4,6,8H2,1-2H3. The van der Waals surface area contributed by atoms with E-state index < -0.39 is 11.6 Å². The lowest BCUT2D eigenvalue weighted by atomic mass is 10.0. The fraction of sp³-hybridized carbons (Fsp3) is 0.500. The third-order valence-electron chi connectivity index (χ3n) is 3.56. The molecule has 0 saturated carbocycles. The van der Waals surface area contributed by atoms with Crippen molar-refractivity contribution in [1.82, 2.24) is 10.2 Å². The smallest absolute Gasteiger partial charge is 0.222 e. The van der Waals surface area contributed by atoms with Gasteiger partial charge in [-0.2, -0.15) is 0 Å². The SMILES string of the molecule is CC(NC1CCC(=O)N(C)C1)c1ccc(F)c(F)c1. The average molecular weight is 268 g/mol. The van der Waals surface area contributed by atoms with E-state index in [1.54, 1.807) is 18.0 Å². The Balaban J connectivity index is 1.98. The summed E-state index contributed by atoms with van der Waals surface area (Å²) in [6, 6.07) is 4.03. The van der Waals surface area contributed by atoms with E-state index in [0.717, 1.165) is 12.5 Å². The van der Waals surface area contributed by atoms with Gasteiger partial charge in [-0.1, -0.05) is 6.07 Å². The van der Waals surface area contributed by atoms with Crippen molar-refractivity contribution in [2.75, 3.05) is 13.6 Å². The molecule has 2 atom stereocenters. The van der Waals surface area contributed by atoms with Crippen molar-refractivity contribution in [2.24, 2.45) is 0 Å². The number of carbonyl (C=O) groups excluding carboxylic acids is 1. The Morgan fingerprint density at radius 2 is 2.11 bits per heavy atom. The van der Waals surface area contributed by atoms with E-state index in [4.69, 9.17) is 0 Å². The summed E-state index contributed by atoms with van der Waals surface area (Å²) in [6.07, 6.45) is 1.30. The Bertz CT molecular complexity index is 479. The molecule has 0 aromatic heterocycles. The van der Waals surface area contributed by atoms with Gasteiger partial charge < -0.3 is 10.2 Å². The monoisotopic (exact) mass is 268 g/mol. The highest BCUT2D eigenvalue weighted by atomic mass is 19.2. The van der Waals surface area contributed by atoms with Crippen LogP contribution in [0.2, 0.25) is 0 Å². The van der Waals surface area contributed by atoms with Gasteiger partial charge in [0.2, 0.25) is 5.91 Å². The molecule has 1 N–H and O–H groups in total. The Morgan fingerprint density at radius 3 is 2.74 bits per heavy atom. The van der Waals surface area contributed by atoms with Gasteiger partial charge in [-0.15, -0.1) is 0 Å². The second kappa shape index (κ2) is 5.65. The van der Waals surface area contributed by atoms with Crippen molar-refractivity contribution in [2.45, 2.75) is 31.8 Å². The summed E-state index contributed by atoms with van der Waals surface area (Å²) in [4.78, 5) is 13.1. The molecule has 104 valence electrons. The molecule has 1 heterocycles. The van der Waals surface area contributed by atoms with Gasteiger partial charge in [-0.3, -0.25) is 4.79 Å². The third kappa shape index (κ3) is 3.29. The molecule has 1 amide bonds. The van der Waals surface area contributed by atoms with Crippen LogP contribution in [0.3, 0.4) is 0 Å². The molecule has 1 aromatic rings. The molecule has 1 aliphatic rings. The highest BCUT2D eigenvalue weighted by Gasteiger charge is 2.24. The van der Waals surface area contributed by atoms with E-state index in [0.29, 0.717) is 18.5 Å². The molecule has 1 saturated heterocycles. The summed E-state index contributed by atoms with van der Waals surface area (Å²) >= 11 is 0. The topological polar surface area (TPSA) is 32.3 Å². The fourth-order valence-electron chi connectivity index (χ4n) is 2.38. The largest absolute Gasteiger partial charge is 0.344 e. The molecule has 5 heteroatoms. The number of carbonyl (C=O) groups is 1. The second-order valence-electron chi connectivity index (χ2n) is 5.07. The number of hydrogen-bond donors (Lipinski definition) is 1. The lowest BCUT2D eigenvalue weighted by molar-refractivity contribution is -0.132. The number of piperidine rings is 1. The molecule has 2 rings (SSSR count). The van der Waals surface area contributed by atoms with Crippen molar-refractivity contribution in [1.29, 1.82) is 0 Å². The maximum Gasteiger partial charge on any atom is 0.222 e. The Labute approximate surface area is 111 Å². The zero-order valence-electron chi connectivity index (χ0n) is 11.1. The maximum atomic E-state index is 13.2. The number of halogens is 2. The average Bonchev–Trinajstić information content (AvgIpc) is 2.37. The first kappa shape index (κ1) is 13.9. The van der Waals surface area contributed by atoms with Crippen LogP contribution in [0, 0.1) is 11.6 Å². The first-order valence-electron chi connectivity index (χ1n) is 6.42. The number of likely N-dealkylation sites (N-methyl/N-ethyl adjacent to an activating group) is 1. The number of nitrogens with one attached hydrogen (secondary N) is 1. The number of nitrogens with zero attached hydrogens (tertiary/aromatic N) is 1. The van der Waals surface area contributed by atoms with Crippen molar-refractivity contribution < 1.29 is 13.6 Å². The second-order valence-corrected chi connectivity index (χ2v) is 5.07. The van der Waals surface area contributed by atoms with Gasteiger partial charge >= 0.3 is 0 Å². The van der Waals surface area contributed by atoms with Gasteiger partial charge in [-0.05, 0) is 31.0 Å². The number of benzene rings is 1. The minimum absolute atomic E-state index is 0.0818. The van der Waals surface area contributed by atoms with Gasteiger partial charge in [0.05, 0.1) is 0 Å². The van der Waals surface area contributed by atoms with E-state index in [-0.39, 0.29) is 18.0 Å². The molecular formula is C14H18F2N2O. The Hall–Kier alpha value is -1.49. The summed E-state index contributed by atoms with van der Waals surface area (Å²) < 4.78 is 26.1. The molecule has 2 unspecified atom stereocenters. The normalized spacial score (nSPS) is 21.6. The lowest BCUT2D eigenvalue weighted by Gasteiger charge is -2.32. The number of amides is 1. The van der Waals surface area contributed by atoms with Crippen molar-refractivity contribution in [3.05, 3.63) is 35.4 Å². The highest BCUT2D eigenvalue weighted by molar-refractivity contribution is 5.76. The van der Waals surface area contributed by atoms with Crippen LogP contribution in [0.4, 0.5) is 8.78 Å². The van der Waals surface area contributed by atoms with E-state index in [1.807, 2.05) is 6.92 Å². The fourth-order valence-corrected chi connectivity index (χ4v) is 2.38. The zero-order valence-corrected chi connectivity index (χ0v) is 11.1. The van der Waals surface area contributed by atoms with E-state index in [9.17, 15) is 13.6 Å². The first-order valence-corrected chi connectivity index (χ1v) is 6.42. The van der Waals surface area contributed by atoms with Crippen LogP contribution in [-0.4, -0.2) is 30.4 Å². The van der Waals surface area contributed by atoms with Gasteiger partial charge in [0.15, 0.2) is 11.6 Å². The molecule has 0 spiro atoms. The molecule has 1 fully saturated rings. The summed E-state index contributed by atoms with van der Waals surface area (Å²) in [6.45, 7) is 2.55. The highest BCUT2D eigenvalue weighted by Crippen LogP contribution is 2.19. The molecule has 1 aliphatic heterocycles. The quantitative estimate of drug-likeness (QED) is 0.911. The van der Waals surface area contributed by atoms with Crippen LogP contribution in [-0.2, 0) is 4.79 Å². The Kier molecular flexibility index (Phi) is 4.14. The summed E-state index contributed by atoms with van der Waals surface area (Å²) in [5.41, 5.74) is 0.707. The number of hydrogen-bond acceptors (Lipinski definition) is 2. The molecule has 0 bridgehead atoms. The molecule has 0 aliphatic carbocycles. The minimum Gasteiger partial charge on any atom is -0.344 e. The zero-order chi connectivity index (χ0) is 14.0.